The highest BCUT2D eigenvalue weighted by molar-refractivity contribution is 5.89. The summed E-state index contributed by atoms with van der Waals surface area (Å²) in [5.74, 6) is 0.981. The molecule has 0 N–H and O–H groups in total. The molecule has 2 atom stereocenters. The van der Waals surface area contributed by atoms with Crippen LogP contribution in [-0.2, 0) is 4.79 Å². The number of fused-ring (bicyclic) bond motifs is 1. The third-order valence-corrected chi connectivity index (χ3v) is 4.05. The first-order valence-electron chi connectivity index (χ1n) is 5.10. The average molecular weight is 178 g/mol. The van der Waals surface area contributed by atoms with E-state index >= 15 is 0 Å². The van der Waals surface area contributed by atoms with Gasteiger partial charge in [0.25, 0.3) is 0 Å². The number of rotatable bonds is 0. The fraction of sp³-hybridized carbons (Fsp3) is 0.750. The van der Waals surface area contributed by atoms with E-state index in [0.29, 0.717) is 17.1 Å². The van der Waals surface area contributed by atoms with E-state index in [4.69, 9.17) is 0 Å². The van der Waals surface area contributed by atoms with E-state index in [-0.39, 0.29) is 5.41 Å². The average Bonchev–Trinajstić information content (AvgIpc) is 2.09. The maximum Gasteiger partial charge on any atom is 0.139 e. The molecule has 0 radical (unpaired) electrons. The monoisotopic (exact) mass is 178 g/mol. The van der Waals surface area contributed by atoms with Crippen molar-refractivity contribution in [2.75, 3.05) is 0 Å². The van der Waals surface area contributed by atoms with Gasteiger partial charge in [0.15, 0.2) is 0 Å². The van der Waals surface area contributed by atoms with Crippen LogP contribution in [-0.4, -0.2) is 5.78 Å². The molecule has 72 valence electrons. The molecule has 0 aromatic heterocycles. The number of Topliss-reactive ketones (excluding diaryl/α,β-unsaturated/α-hetero) is 1. The maximum atomic E-state index is 11.8. The van der Waals surface area contributed by atoms with Gasteiger partial charge < -0.3 is 0 Å². The summed E-state index contributed by atoms with van der Waals surface area (Å²) in [7, 11) is 0. The van der Waals surface area contributed by atoms with Crippen LogP contribution in [0.15, 0.2) is 11.6 Å². The lowest BCUT2D eigenvalue weighted by Crippen LogP contribution is -2.41. The summed E-state index contributed by atoms with van der Waals surface area (Å²) in [5.41, 5.74) is 1.69. The molecule has 2 saturated carbocycles. The number of hydrogen-bond acceptors (Lipinski definition) is 1. The Morgan fingerprint density at radius 3 is 2.38 bits per heavy atom. The van der Waals surface area contributed by atoms with Gasteiger partial charge in [-0.15, -0.1) is 0 Å². The summed E-state index contributed by atoms with van der Waals surface area (Å²) in [6, 6.07) is 0. The first-order chi connectivity index (χ1) is 5.92. The highest BCUT2D eigenvalue weighted by atomic mass is 16.1. The summed E-state index contributed by atoms with van der Waals surface area (Å²) < 4.78 is 0. The quantitative estimate of drug-likeness (QED) is 0.521. The van der Waals surface area contributed by atoms with E-state index in [0.717, 1.165) is 12.8 Å². The van der Waals surface area contributed by atoms with Crippen molar-refractivity contribution in [1.29, 1.82) is 0 Å². The maximum absolute atomic E-state index is 11.8. The third kappa shape index (κ3) is 0.905. The first kappa shape index (κ1) is 8.98. The van der Waals surface area contributed by atoms with Crippen molar-refractivity contribution in [2.24, 2.45) is 16.7 Å². The van der Waals surface area contributed by atoms with Gasteiger partial charge in [0.1, 0.15) is 5.78 Å². The molecule has 0 bridgehead atoms. The molecule has 2 rings (SSSR count). The van der Waals surface area contributed by atoms with Gasteiger partial charge in [-0.05, 0) is 24.7 Å². The molecule has 13 heavy (non-hydrogen) atoms. The van der Waals surface area contributed by atoms with Crippen LogP contribution < -0.4 is 0 Å². The smallest absolute Gasteiger partial charge is 0.139 e. The van der Waals surface area contributed by atoms with Crippen LogP contribution in [0.5, 0.6) is 0 Å². The van der Waals surface area contributed by atoms with Crippen LogP contribution in [0, 0.1) is 16.7 Å². The zero-order chi connectivity index (χ0) is 9.85. The minimum absolute atomic E-state index is 0.102. The van der Waals surface area contributed by atoms with Crippen molar-refractivity contribution >= 4 is 5.78 Å². The summed E-state index contributed by atoms with van der Waals surface area (Å²) in [6.45, 7) is 8.56. The summed E-state index contributed by atoms with van der Waals surface area (Å²) in [6.07, 6.45) is 4.14. The Balaban J connectivity index is 2.41. The molecule has 0 aromatic rings. The van der Waals surface area contributed by atoms with Crippen molar-refractivity contribution in [1.82, 2.24) is 0 Å². The first-order valence-corrected chi connectivity index (χ1v) is 5.10. The van der Waals surface area contributed by atoms with Crippen molar-refractivity contribution in [3.63, 3.8) is 0 Å². The molecule has 0 aromatic carbocycles. The molecule has 0 amide bonds. The number of carbonyl (C=O) groups excluding carboxylic acids is 1. The Kier molecular flexibility index (Phi) is 1.56. The van der Waals surface area contributed by atoms with Crippen LogP contribution in [0.2, 0.25) is 0 Å². The number of ketones is 1. The van der Waals surface area contributed by atoms with Crippen molar-refractivity contribution < 1.29 is 4.79 Å². The second-order valence-electron chi connectivity index (χ2n) is 5.45. The third-order valence-electron chi connectivity index (χ3n) is 4.05. The Labute approximate surface area is 80.2 Å². The lowest BCUT2D eigenvalue weighted by Gasteiger charge is -2.49. The summed E-state index contributed by atoms with van der Waals surface area (Å²) in [4.78, 5) is 11.8. The number of allylic oxidation sites excluding steroid dienone is 2. The molecular formula is C12H18O. The lowest BCUT2D eigenvalue weighted by atomic mass is 9.55. The second-order valence-corrected chi connectivity index (χ2v) is 5.45. The Morgan fingerprint density at radius 2 is 1.92 bits per heavy atom. The highest BCUT2D eigenvalue weighted by Gasteiger charge is 2.62. The van der Waals surface area contributed by atoms with Gasteiger partial charge in [0.2, 0.25) is 0 Å². The topological polar surface area (TPSA) is 17.1 Å². The van der Waals surface area contributed by atoms with Crippen molar-refractivity contribution in [2.45, 2.75) is 40.5 Å². The van der Waals surface area contributed by atoms with Gasteiger partial charge in [-0.3, -0.25) is 4.79 Å². The summed E-state index contributed by atoms with van der Waals surface area (Å²) >= 11 is 0. The number of carbonyl (C=O) groups is 1. The molecule has 2 aliphatic carbocycles. The van der Waals surface area contributed by atoms with Gasteiger partial charge in [0.05, 0.1) is 0 Å². The van der Waals surface area contributed by atoms with E-state index < -0.39 is 0 Å². The molecule has 0 saturated heterocycles. The predicted octanol–water partition coefficient (Wildman–Crippen LogP) is 2.96. The Morgan fingerprint density at radius 1 is 1.31 bits per heavy atom. The van der Waals surface area contributed by atoms with Crippen molar-refractivity contribution in [3.05, 3.63) is 11.6 Å². The Bertz CT molecular complexity index is 298. The SMILES string of the molecule is C/C=C1/CC2(C)CC(=O)C(C)(C)C12. The minimum atomic E-state index is -0.102. The lowest BCUT2D eigenvalue weighted by molar-refractivity contribution is -0.125. The van der Waals surface area contributed by atoms with Gasteiger partial charge in [-0.1, -0.05) is 32.4 Å². The fourth-order valence-corrected chi connectivity index (χ4v) is 3.51. The normalized spacial score (nSPS) is 44.8. The largest absolute Gasteiger partial charge is 0.299 e. The zero-order valence-corrected chi connectivity index (χ0v) is 8.98. The van der Waals surface area contributed by atoms with Gasteiger partial charge in [-0.25, -0.2) is 0 Å². The molecule has 1 nitrogen and oxygen atoms in total. The zero-order valence-electron chi connectivity index (χ0n) is 8.98. The fourth-order valence-electron chi connectivity index (χ4n) is 3.51. The van der Waals surface area contributed by atoms with Gasteiger partial charge >= 0.3 is 0 Å². The minimum Gasteiger partial charge on any atom is -0.299 e. The van der Waals surface area contributed by atoms with E-state index in [9.17, 15) is 4.79 Å². The molecule has 1 heteroatoms. The van der Waals surface area contributed by atoms with Crippen LogP contribution in [0.1, 0.15) is 40.5 Å². The van der Waals surface area contributed by atoms with E-state index in [1.165, 1.54) is 5.57 Å². The van der Waals surface area contributed by atoms with Crippen LogP contribution in [0.4, 0.5) is 0 Å². The predicted molar refractivity (Wildman–Crippen MR) is 53.4 cm³/mol. The van der Waals surface area contributed by atoms with E-state index in [1.54, 1.807) is 0 Å². The molecule has 2 fully saturated rings. The second kappa shape index (κ2) is 2.26. The molecule has 2 aliphatic rings. The molecule has 0 aliphatic heterocycles. The highest BCUT2D eigenvalue weighted by Crippen LogP contribution is 2.65. The van der Waals surface area contributed by atoms with Crippen molar-refractivity contribution in [3.8, 4) is 0 Å². The molecule has 0 spiro atoms. The molecule has 0 heterocycles. The molecule has 2 unspecified atom stereocenters. The molecular weight excluding hydrogens is 160 g/mol. The van der Waals surface area contributed by atoms with Crippen LogP contribution >= 0.6 is 0 Å². The van der Waals surface area contributed by atoms with E-state index in [2.05, 4.69) is 33.8 Å². The van der Waals surface area contributed by atoms with Crippen LogP contribution in [0.3, 0.4) is 0 Å². The Hall–Kier alpha value is -0.590. The standard InChI is InChI=1S/C12H18O/c1-5-8-6-12(4)7-9(13)11(2,3)10(8)12/h5,10H,6-7H2,1-4H3/b8-5-. The van der Waals surface area contributed by atoms with Gasteiger partial charge in [-0.2, -0.15) is 0 Å². The van der Waals surface area contributed by atoms with Crippen LogP contribution in [0.25, 0.3) is 0 Å². The van der Waals surface area contributed by atoms with Gasteiger partial charge in [0, 0.05) is 11.8 Å². The number of hydrogen-bond donors (Lipinski definition) is 0. The summed E-state index contributed by atoms with van der Waals surface area (Å²) in [5, 5.41) is 0. The van der Waals surface area contributed by atoms with E-state index in [1.807, 2.05) is 0 Å².